The van der Waals surface area contributed by atoms with Crippen LogP contribution in [-0.2, 0) is 7.05 Å². The minimum Gasteiger partial charge on any atom is -0.311 e. The third-order valence-corrected chi connectivity index (χ3v) is 4.61. The van der Waals surface area contributed by atoms with Gasteiger partial charge >= 0.3 is 0 Å². The molecule has 0 saturated heterocycles. The van der Waals surface area contributed by atoms with E-state index < -0.39 is 5.82 Å². The molecule has 24 heavy (non-hydrogen) atoms. The Morgan fingerprint density at radius 2 is 2.04 bits per heavy atom. The van der Waals surface area contributed by atoms with Crippen molar-refractivity contribution < 1.29 is 4.39 Å². The summed E-state index contributed by atoms with van der Waals surface area (Å²) in [6.07, 6.45) is 5.01. The lowest BCUT2D eigenvalue weighted by atomic mass is 10.2. The van der Waals surface area contributed by atoms with Crippen LogP contribution < -0.4 is 11.1 Å². The Hall–Kier alpha value is -2.54. The summed E-state index contributed by atoms with van der Waals surface area (Å²) in [5.41, 5.74) is 0.0826. The highest BCUT2D eigenvalue weighted by molar-refractivity contribution is 6.34. The number of nitrogens with zero attached hydrogens (tertiary/aromatic N) is 4. The van der Waals surface area contributed by atoms with E-state index in [1.54, 1.807) is 12.4 Å². The van der Waals surface area contributed by atoms with E-state index in [-0.39, 0.29) is 33.6 Å². The topological polar surface area (TPSA) is 69.8 Å². The summed E-state index contributed by atoms with van der Waals surface area (Å²) < 4.78 is 16.0. The van der Waals surface area contributed by atoms with Crippen LogP contribution in [0.25, 0.3) is 10.8 Å². The smallest absolute Gasteiger partial charge is 0.274 e. The van der Waals surface area contributed by atoms with Crippen LogP contribution in [0.15, 0.2) is 40.3 Å². The van der Waals surface area contributed by atoms with Crippen LogP contribution in [0.1, 0.15) is 23.9 Å². The van der Waals surface area contributed by atoms with Gasteiger partial charge in [-0.25, -0.2) is 9.07 Å². The Balaban J connectivity index is 1.80. The van der Waals surface area contributed by atoms with Crippen molar-refractivity contribution in [2.24, 2.45) is 7.05 Å². The Kier molecular flexibility index (Phi) is 3.28. The summed E-state index contributed by atoms with van der Waals surface area (Å²) in [6, 6.07) is 2.60. The number of rotatable bonds is 2. The molecule has 0 aliphatic heterocycles. The third-order valence-electron chi connectivity index (χ3n) is 4.33. The first-order chi connectivity index (χ1) is 11.5. The molecule has 3 heterocycles. The molecule has 1 saturated carbocycles. The van der Waals surface area contributed by atoms with Crippen molar-refractivity contribution in [3.8, 4) is 0 Å². The largest absolute Gasteiger partial charge is 0.311 e. The first-order valence-corrected chi connectivity index (χ1v) is 7.72. The van der Waals surface area contributed by atoms with Gasteiger partial charge in [0.25, 0.3) is 11.1 Å². The van der Waals surface area contributed by atoms with E-state index in [0.29, 0.717) is 11.8 Å². The molecule has 8 heteroatoms. The van der Waals surface area contributed by atoms with E-state index in [1.165, 1.54) is 23.7 Å². The van der Waals surface area contributed by atoms with Gasteiger partial charge in [0.05, 0.1) is 11.6 Å². The summed E-state index contributed by atoms with van der Waals surface area (Å²) in [6.45, 7) is 0. The number of pyridine rings is 2. The highest BCUT2D eigenvalue weighted by atomic mass is 35.5. The van der Waals surface area contributed by atoms with E-state index in [2.05, 4.69) is 10.1 Å². The molecule has 1 aliphatic rings. The second-order valence-corrected chi connectivity index (χ2v) is 6.27. The highest BCUT2D eigenvalue weighted by Gasteiger charge is 2.41. The molecule has 0 aromatic carbocycles. The molecule has 1 fully saturated rings. The zero-order valence-electron chi connectivity index (χ0n) is 12.6. The Morgan fingerprint density at radius 3 is 2.79 bits per heavy atom. The Morgan fingerprint density at radius 1 is 1.25 bits per heavy atom. The lowest BCUT2D eigenvalue weighted by molar-refractivity contribution is 0.616. The fourth-order valence-corrected chi connectivity index (χ4v) is 3.30. The molecule has 0 bridgehead atoms. The number of aromatic nitrogens is 4. The van der Waals surface area contributed by atoms with Crippen LogP contribution in [0.2, 0.25) is 5.15 Å². The van der Waals surface area contributed by atoms with Crippen molar-refractivity contribution in [1.82, 2.24) is 19.3 Å². The van der Waals surface area contributed by atoms with Crippen molar-refractivity contribution in [3.63, 3.8) is 0 Å². The van der Waals surface area contributed by atoms with Crippen LogP contribution in [0.4, 0.5) is 4.39 Å². The van der Waals surface area contributed by atoms with Gasteiger partial charge in [0.2, 0.25) is 0 Å². The fourth-order valence-electron chi connectivity index (χ4n) is 3.03. The van der Waals surface area contributed by atoms with Gasteiger partial charge in [-0.2, -0.15) is 5.10 Å². The van der Waals surface area contributed by atoms with Crippen LogP contribution in [-0.4, -0.2) is 19.3 Å². The van der Waals surface area contributed by atoms with Gasteiger partial charge in [-0.1, -0.05) is 11.6 Å². The predicted molar refractivity (Wildman–Crippen MR) is 86.8 cm³/mol. The fraction of sp³-hybridized carbons (Fsp3) is 0.250. The monoisotopic (exact) mass is 346 g/mol. The zero-order chi connectivity index (χ0) is 17.0. The highest BCUT2D eigenvalue weighted by Crippen LogP contribution is 2.50. The molecule has 0 radical (unpaired) electrons. The number of fused-ring (bicyclic) bond motifs is 1. The van der Waals surface area contributed by atoms with Gasteiger partial charge in [-0.15, -0.1) is 0 Å². The van der Waals surface area contributed by atoms with Crippen molar-refractivity contribution in [2.75, 3.05) is 0 Å². The van der Waals surface area contributed by atoms with Crippen LogP contribution in [0, 0.1) is 5.82 Å². The van der Waals surface area contributed by atoms with Gasteiger partial charge in [0, 0.05) is 42.9 Å². The molecule has 0 amide bonds. The second kappa shape index (κ2) is 5.24. The SMILES string of the molecule is Cn1nc(Cl)c2cn([C@@H]3C[C@H]3c3cncc(F)c3)c(=O)cc2c1=O. The maximum Gasteiger partial charge on any atom is 0.274 e. The van der Waals surface area contributed by atoms with Crippen molar-refractivity contribution >= 4 is 22.4 Å². The van der Waals surface area contributed by atoms with Gasteiger partial charge in [0.1, 0.15) is 5.82 Å². The van der Waals surface area contributed by atoms with Crippen LogP contribution in [0.5, 0.6) is 0 Å². The molecule has 3 aromatic rings. The molecular formula is C16H12ClFN4O2. The predicted octanol–water partition coefficient (Wildman–Crippen LogP) is 2.01. The molecule has 0 unspecified atom stereocenters. The van der Waals surface area contributed by atoms with Gasteiger partial charge in [-0.3, -0.25) is 14.6 Å². The molecule has 4 rings (SSSR count). The number of halogens is 2. The minimum absolute atomic E-state index is 0.0154. The average Bonchev–Trinajstić information content (AvgIpc) is 3.33. The summed E-state index contributed by atoms with van der Waals surface area (Å²) >= 11 is 6.11. The van der Waals surface area contributed by atoms with E-state index in [9.17, 15) is 14.0 Å². The van der Waals surface area contributed by atoms with Crippen LogP contribution >= 0.6 is 11.6 Å². The molecule has 0 N–H and O–H groups in total. The summed E-state index contributed by atoms with van der Waals surface area (Å²) in [5, 5.41) is 4.77. The summed E-state index contributed by atoms with van der Waals surface area (Å²) in [7, 11) is 1.48. The van der Waals surface area contributed by atoms with Crippen LogP contribution in [0.3, 0.4) is 0 Å². The number of hydrogen-bond donors (Lipinski definition) is 0. The molecule has 0 spiro atoms. The normalized spacial score (nSPS) is 19.6. The molecular weight excluding hydrogens is 335 g/mol. The molecule has 3 aromatic heterocycles. The lowest BCUT2D eigenvalue weighted by Gasteiger charge is -2.08. The first kappa shape index (κ1) is 15.0. The molecule has 122 valence electrons. The third kappa shape index (κ3) is 2.32. The van der Waals surface area contributed by atoms with E-state index in [1.807, 2.05) is 0 Å². The lowest BCUT2D eigenvalue weighted by Crippen LogP contribution is -2.24. The quantitative estimate of drug-likeness (QED) is 0.711. The maximum atomic E-state index is 13.3. The molecule has 1 aliphatic carbocycles. The zero-order valence-corrected chi connectivity index (χ0v) is 13.4. The number of hydrogen-bond acceptors (Lipinski definition) is 4. The van der Waals surface area contributed by atoms with Crippen molar-refractivity contribution in [2.45, 2.75) is 18.4 Å². The standard InChI is InChI=1S/C16H12ClFN4O2/c1-21-16(24)11-4-14(23)22(7-12(11)15(17)20-21)13-3-10(13)8-2-9(18)6-19-5-8/h2,4-7,10,13H,3H2,1H3/t10-,13+/m0/s1. The molecule has 6 nitrogen and oxygen atoms in total. The van der Waals surface area contributed by atoms with E-state index >= 15 is 0 Å². The average molecular weight is 347 g/mol. The summed E-state index contributed by atoms with van der Waals surface area (Å²) in [4.78, 5) is 28.3. The van der Waals surface area contributed by atoms with E-state index in [4.69, 9.17) is 11.6 Å². The minimum atomic E-state index is -0.403. The van der Waals surface area contributed by atoms with E-state index in [0.717, 1.165) is 16.4 Å². The first-order valence-electron chi connectivity index (χ1n) is 7.35. The second-order valence-electron chi connectivity index (χ2n) is 5.91. The Labute approximate surface area is 140 Å². The Bertz CT molecular complexity index is 1090. The van der Waals surface area contributed by atoms with Crippen molar-refractivity contribution in [3.05, 3.63) is 68.0 Å². The maximum absolute atomic E-state index is 13.3. The van der Waals surface area contributed by atoms with Crippen molar-refractivity contribution in [1.29, 1.82) is 0 Å². The van der Waals surface area contributed by atoms with Gasteiger partial charge in [-0.05, 0) is 18.1 Å². The van der Waals surface area contributed by atoms with Gasteiger partial charge < -0.3 is 4.57 Å². The summed E-state index contributed by atoms with van der Waals surface area (Å²) in [5.74, 6) is -0.388. The molecule has 2 atom stereocenters. The number of aryl methyl sites for hydroxylation is 1. The van der Waals surface area contributed by atoms with Gasteiger partial charge in [0.15, 0.2) is 5.15 Å².